The lowest BCUT2D eigenvalue weighted by Crippen LogP contribution is -2.14. The molecule has 0 aliphatic rings. The first-order valence-corrected chi connectivity index (χ1v) is 3.10. The van der Waals surface area contributed by atoms with Crippen molar-refractivity contribution in [1.29, 1.82) is 0 Å². The normalized spacial score (nSPS) is 12.5. The summed E-state index contributed by atoms with van der Waals surface area (Å²) in [4.78, 5) is 10.1. The van der Waals surface area contributed by atoms with Gasteiger partial charge in [-0.2, -0.15) is 5.10 Å². The molecule has 0 fully saturated rings. The molecule has 0 radical (unpaired) electrons. The van der Waals surface area contributed by atoms with Crippen molar-refractivity contribution < 1.29 is 19.0 Å². The number of carboxylic acid groups (broad SMARTS) is 1. The van der Waals surface area contributed by atoms with Gasteiger partial charge < -0.3 is 9.84 Å². The lowest BCUT2D eigenvalue weighted by atomic mass is 10.6. The average molecular weight is 174 g/mol. The third-order valence-corrected chi connectivity index (χ3v) is 1.25. The van der Waals surface area contributed by atoms with Crippen molar-refractivity contribution in [2.75, 3.05) is 7.11 Å². The van der Waals surface area contributed by atoms with Gasteiger partial charge >= 0.3 is 5.97 Å². The number of halogens is 1. The van der Waals surface area contributed by atoms with Crippen molar-refractivity contribution >= 4 is 5.97 Å². The molecule has 5 nitrogen and oxygen atoms in total. The van der Waals surface area contributed by atoms with Gasteiger partial charge in [-0.25, -0.2) is 13.9 Å². The first-order chi connectivity index (χ1) is 5.65. The third kappa shape index (κ3) is 1.52. The molecule has 6 heteroatoms. The van der Waals surface area contributed by atoms with Crippen LogP contribution in [0.3, 0.4) is 0 Å². The van der Waals surface area contributed by atoms with Gasteiger partial charge in [0.2, 0.25) is 0 Å². The van der Waals surface area contributed by atoms with Gasteiger partial charge in [0.15, 0.2) is 5.75 Å². The van der Waals surface area contributed by atoms with E-state index in [9.17, 15) is 9.18 Å². The number of nitrogens with zero attached hydrogens (tertiary/aromatic N) is 2. The SMILES string of the molecule is COc1cnn(C(F)C(=O)O)c1. The van der Waals surface area contributed by atoms with Gasteiger partial charge in [0.05, 0.1) is 19.5 Å². The fourth-order valence-corrected chi connectivity index (χ4v) is 0.663. The van der Waals surface area contributed by atoms with Crippen LogP contribution >= 0.6 is 0 Å². The number of aliphatic carboxylic acids is 1. The lowest BCUT2D eigenvalue weighted by molar-refractivity contribution is -0.146. The van der Waals surface area contributed by atoms with Crippen molar-refractivity contribution in [3.05, 3.63) is 12.4 Å². The number of carbonyl (C=O) groups is 1. The monoisotopic (exact) mass is 174 g/mol. The zero-order chi connectivity index (χ0) is 9.14. The molecule has 1 atom stereocenters. The maximum atomic E-state index is 12.7. The molecule has 1 N–H and O–H groups in total. The number of alkyl halides is 1. The Labute approximate surface area is 67.4 Å². The predicted molar refractivity (Wildman–Crippen MR) is 36.6 cm³/mol. The highest BCUT2D eigenvalue weighted by Crippen LogP contribution is 2.13. The van der Waals surface area contributed by atoms with Gasteiger partial charge in [0.25, 0.3) is 6.30 Å². The van der Waals surface area contributed by atoms with Crippen LogP contribution in [-0.2, 0) is 4.79 Å². The van der Waals surface area contributed by atoms with Gasteiger partial charge in [0.1, 0.15) is 0 Å². The molecule has 66 valence electrons. The first-order valence-electron chi connectivity index (χ1n) is 3.10. The topological polar surface area (TPSA) is 64.4 Å². The molecule has 0 amide bonds. The molecule has 0 aliphatic heterocycles. The van der Waals surface area contributed by atoms with Crippen LogP contribution in [0.25, 0.3) is 0 Å². The summed E-state index contributed by atoms with van der Waals surface area (Å²) >= 11 is 0. The average Bonchev–Trinajstić information content (AvgIpc) is 2.50. The molecular weight excluding hydrogens is 167 g/mol. The van der Waals surface area contributed by atoms with E-state index in [1.807, 2.05) is 0 Å². The number of ether oxygens (including phenoxy) is 1. The van der Waals surface area contributed by atoms with Crippen LogP contribution in [-0.4, -0.2) is 28.0 Å². The fraction of sp³-hybridized carbons (Fsp3) is 0.333. The van der Waals surface area contributed by atoms with E-state index in [1.165, 1.54) is 19.5 Å². The van der Waals surface area contributed by atoms with E-state index in [0.717, 1.165) is 0 Å². The number of carboxylic acids is 1. The van der Waals surface area contributed by atoms with Crippen LogP contribution in [0.4, 0.5) is 4.39 Å². The van der Waals surface area contributed by atoms with Crippen LogP contribution < -0.4 is 4.74 Å². The molecule has 0 aliphatic carbocycles. The number of rotatable bonds is 3. The Morgan fingerprint density at radius 1 is 1.92 bits per heavy atom. The largest absolute Gasteiger partial charge is 0.493 e. The summed E-state index contributed by atoms with van der Waals surface area (Å²) in [5, 5.41) is 11.7. The summed E-state index contributed by atoms with van der Waals surface area (Å²) in [5.74, 6) is -1.26. The third-order valence-electron chi connectivity index (χ3n) is 1.25. The van der Waals surface area contributed by atoms with E-state index < -0.39 is 12.3 Å². The molecule has 1 rings (SSSR count). The Bertz CT molecular complexity index is 286. The maximum absolute atomic E-state index is 12.7. The summed E-state index contributed by atoms with van der Waals surface area (Å²) in [6.45, 7) is 0. The molecule has 0 saturated carbocycles. The number of hydrogen-bond donors (Lipinski definition) is 1. The molecule has 1 unspecified atom stereocenters. The van der Waals surface area contributed by atoms with Crippen molar-refractivity contribution in [1.82, 2.24) is 9.78 Å². The molecule has 1 aromatic rings. The first kappa shape index (κ1) is 8.51. The Kier molecular flexibility index (Phi) is 2.27. The second kappa shape index (κ2) is 3.21. The van der Waals surface area contributed by atoms with E-state index in [1.54, 1.807) is 0 Å². The standard InChI is InChI=1S/C6H7FN2O3/c1-12-4-2-8-9(3-4)5(7)6(10)11/h2-3,5H,1H3,(H,10,11). The van der Waals surface area contributed by atoms with Gasteiger partial charge in [-0.05, 0) is 0 Å². The molecular formula is C6H7FN2O3. The molecule has 0 saturated heterocycles. The minimum atomic E-state index is -2.16. The quantitative estimate of drug-likeness (QED) is 0.722. The smallest absolute Gasteiger partial charge is 0.361 e. The second-order valence-electron chi connectivity index (χ2n) is 2.03. The second-order valence-corrected chi connectivity index (χ2v) is 2.03. The summed E-state index contributed by atoms with van der Waals surface area (Å²) in [5.41, 5.74) is 0. The maximum Gasteiger partial charge on any atom is 0.361 e. The van der Waals surface area contributed by atoms with Gasteiger partial charge in [-0.1, -0.05) is 0 Å². The van der Waals surface area contributed by atoms with E-state index in [2.05, 4.69) is 9.84 Å². The van der Waals surface area contributed by atoms with Crippen molar-refractivity contribution in [3.63, 3.8) is 0 Å². The van der Waals surface area contributed by atoms with Crippen LogP contribution in [0.1, 0.15) is 6.30 Å². The lowest BCUT2D eigenvalue weighted by Gasteiger charge is -2.00. The zero-order valence-electron chi connectivity index (χ0n) is 6.27. The number of hydrogen-bond acceptors (Lipinski definition) is 3. The summed E-state index contributed by atoms with van der Waals surface area (Å²) < 4.78 is 18.0. The highest BCUT2D eigenvalue weighted by molar-refractivity contribution is 5.69. The van der Waals surface area contributed by atoms with Crippen LogP contribution in [0.15, 0.2) is 12.4 Å². The van der Waals surface area contributed by atoms with Gasteiger partial charge in [-0.15, -0.1) is 0 Å². The fourth-order valence-electron chi connectivity index (χ4n) is 0.663. The molecule has 0 aromatic carbocycles. The van der Waals surface area contributed by atoms with Crippen molar-refractivity contribution in [2.24, 2.45) is 0 Å². The molecule has 0 spiro atoms. The number of methoxy groups -OCH3 is 1. The van der Waals surface area contributed by atoms with E-state index >= 15 is 0 Å². The molecule has 0 bridgehead atoms. The predicted octanol–water partition coefficient (Wildman–Crippen LogP) is 0.444. The Hall–Kier alpha value is -1.59. The number of aromatic nitrogens is 2. The van der Waals surface area contributed by atoms with Crippen LogP contribution in [0.5, 0.6) is 5.75 Å². The minimum absolute atomic E-state index is 0.318. The van der Waals surface area contributed by atoms with E-state index in [4.69, 9.17) is 5.11 Å². The molecule has 1 aromatic heterocycles. The Morgan fingerprint density at radius 2 is 2.58 bits per heavy atom. The molecule has 1 heterocycles. The van der Waals surface area contributed by atoms with Crippen LogP contribution in [0.2, 0.25) is 0 Å². The van der Waals surface area contributed by atoms with Gasteiger partial charge in [0, 0.05) is 0 Å². The van der Waals surface area contributed by atoms with E-state index in [-0.39, 0.29) is 0 Å². The van der Waals surface area contributed by atoms with Crippen molar-refractivity contribution in [2.45, 2.75) is 6.30 Å². The minimum Gasteiger partial charge on any atom is -0.493 e. The summed E-state index contributed by atoms with van der Waals surface area (Å²) in [7, 11) is 1.38. The van der Waals surface area contributed by atoms with Gasteiger partial charge in [-0.3, -0.25) is 0 Å². The Balaban J connectivity index is 2.81. The van der Waals surface area contributed by atoms with Crippen molar-refractivity contribution in [3.8, 4) is 5.75 Å². The zero-order valence-corrected chi connectivity index (χ0v) is 6.27. The summed E-state index contributed by atoms with van der Waals surface area (Å²) in [6.07, 6.45) is 0.239. The van der Waals surface area contributed by atoms with Crippen LogP contribution in [0, 0.1) is 0 Å². The highest BCUT2D eigenvalue weighted by atomic mass is 19.1. The van der Waals surface area contributed by atoms with E-state index in [0.29, 0.717) is 10.4 Å². The molecule has 12 heavy (non-hydrogen) atoms. The summed E-state index contributed by atoms with van der Waals surface area (Å²) in [6, 6.07) is 0. The Morgan fingerprint density at radius 3 is 3.00 bits per heavy atom. The highest BCUT2D eigenvalue weighted by Gasteiger charge is 2.18.